The lowest BCUT2D eigenvalue weighted by Crippen LogP contribution is -2.16. The number of hydrogen-bond acceptors (Lipinski definition) is 1. The molecule has 0 saturated heterocycles. The van der Waals surface area contributed by atoms with Gasteiger partial charge < -0.3 is 0 Å². The third-order valence-electron chi connectivity index (χ3n) is 1.61. The van der Waals surface area contributed by atoms with Crippen molar-refractivity contribution in [3.05, 3.63) is 34.3 Å². The molecule has 1 aromatic carbocycles. The lowest BCUT2D eigenvalue weighted by atomic mass is 10.0. The minimum Gasteiger partial charge on any atom is -0.299 e. The molecule has 0 radical (unpaired) electrons. The molecule has 1 atom stereocenters. The van der Waals surface area contributed by atoms with Gasteiger partial charge in [-0.15, -0.1) is 0 Å². The Bertz CT molecular complexity index is 296. The smallest absolute Gasteiger partial charge is 0.188 e. The van der Waals surface area contributed by atoms with Crippen LogP contribution >= 0.6 is 15.9 Å². The van der Waals surface area contributed by atoms with Crippen molar-refractivity contribution < 1.29 is 9.18 Å². The van der Waals surface area contributed by atoms with E-state index in [-0.39, 0.29) is 0 Å². The summed E-state index contributed by atoms with van der Waals surface area (Å²) in [6.45, 7) is 1.24. The molecule has 0 aliphatic carbocycles. The largest absolute Gasteiger partial charge is 0.299 e. The minimum absolute atomic E-state index is 0.300. The number of alkyl halides is 1. The van der Waals surface area contributed by atoms with Gasteiger partial charge >= 0.3 is 0 Å². The van der Waals surface area contributed by atoms with E-state index in [9.17, 15) is 9.18 Å². The van der Waals surface area contributed by atoms with Crippen molar-refractivity contribution in [1.29, 1.82) is 0 Å². The molecule has 1 rings (SSSR count). The molecule has 0 bridgehead atoms. The first kappa shape index (κ1) is 9.39. The summed E-state index contributed by atoms with van der Waals surface area (Å²) >= 11 is 3.20. The van der Waals surface area contributed by atoms with E-state index in [1.165, 1.54) is 6.92 Å². The topological polar surface area (TPSA) is 17.1 Å². The fourth-order valence-corrected chi connectivity index (χ4v) is 1.26. The number of aldehydes is 1. The van der Waals surface area contributed by atoms with Crippen LogP contribution in [0.3, 0.4) is 0 Å². The molecule has 0 amide bonds. The van der Waals surface area contributed by atoms with E-state index in [1.54, 1.807) is 24.3 Å². The van der Waals surface area contributed by atoms with Gasteiger partial charge in [0.2, 0.25) is 0 Å². The standard InChI is InChI=1S/C9H8BrFO/c1-9(11,6-12)7-3-2-4-8(10)5-7/h2-6H,1H3. The maximum absolute atomic E-state index is 13.3. The van der Waals surface area contributed by atoms with Gasteiger partial charge in [0, 0.05) is 4.47 Å². The third kappa shape index (κ3) is 1.91. The molecule has 0 saturated carbocycles. The SMILES string of the molecule is CC(F)(C=O)c1cccc(Br)c1. The van der Waals surface area contributed by atoms with E-state index in [0.717, 1.165) is 4.47 Å². The van der Waals surface area contributed by atoms with E-state index in [1.807, 2.05) is 0 Å². The summed E-state index contributed by atoms with van der Waals surface area (Å²) in [5.74, 6) is 0. The Morgan fingerprint density at radius 1 is 1.58 bits per heavy atom. The maximum Gasteiger partial charge on any atom is 0.188 e. The average molecular weight is 231 g/mol. The van der Waals surface area contributed by atoms with Gasteiger partial charge in [-0.25, -0.2) is 4.39 Å². The van der Waals surface area contributed by atoms with Gasteiger partial charge in [-0.1, -0.05) is 28.1 Å². The molecular weight excluding hydrogens is 223 g/mol. The summed E-state index contributed by atoms with van der Waals surface area (Å²) in [5.41, 5.74) is -1.52. The zero-order valence-electron chi connectivity index (χ0n) is 6.55. The number of halogens is 2. The fraction of sp³-hybridized carbons (Fsp3) is 0.222. The molecule has 0 aliphatic rings. The summed E-state index contributed by atoms with van der Waals surface area (Å²) in [6, 6.07) is 6.65. The Morgan fingerprint density at radius 3 is 2.75 bits per heavy atom. The molecule has 1 nitrogen and oxygen atoms in total. The molecule has 64 valence electrons. The fourth-order valence-electron chi connectivity index (χ4n) is 0.861. The molecule has 12 heavy (non-hydrogen) atoms. The minimum atomic E-state index is -1.89. The monoisotopic (exact) mass is 230 g/mol. The van der Waals surface area contributed by atoms with E-state index in [0.29, 0.717) is 11.8 Å². The van der Waals surface area contributed by atoms with Crippen LogP contribution in [-0.4, -0.2) is 6.29 Å². The Kier molecular flexibility index (Phi) is 2.62. The Morgan fingerprint density at radius 2 is 2.25 bits per heavy atom. The molecule has 0 spiro atoms. The summed E-state index contributed by atoms with van der Waals surface area (Å²) in [7, 11) is 0. The van der Waals surface area contributed by atoms with Gasteiger partial charge in [0.1, 0.15) is 0 Å². The number of carbonyl (C=O) groups excluding carboxylic acids is 1. The van der Waals surface area contributed by atoms with Crippen LogP contribution in [0, 0.1) is 0 Å². The highest BCUT2D eigenvalue weighted by atomic mass is 79.9. The Balaban J connectivity index is 3.11. The first-order valence-electron chi connectivity index (χ1n) is 3.47. The molecule has 0 heterocycles. The third-order valence-corrected chi connectivity index (χ3v) is 2.10. The van der Waals surface area contributed by atoms with Crippen LogP contribution in [0.4, 0.5) is 4.39 Å². The van der Waals surface area contributed by atoms with Crippen molar-refractivity contribution in [3.63, 3.8) is 0 Å². The van der Waals surface area contributed by atoms with Gasteiger partial charge in [-0.3, -0.25) is 4.79 Å². The summed E-state index contributed by atoms with van der Waals surface area (Å²) in [6.07, 6.45) is 0.300. The quantitative estimate of drug-likeness (QED) is 0.715. The summed E-state index contributed by atoms with van der Waals surface area (Å²) < 4.78 is 14.1. The van der Waals surface area contributed by atoms with E-state index >= 15 is 0 Å². The van der Waals surface area contributed by atoms with Gasteiger partial charge in [0.25, 0.3) is 0 Å². The van der Waals surface area contributed by atoms with Crippen molar-refractivity contribution in [2.75, 3.05) is 0 Å². The first-order chi connectivity index (χ1) is 5.56. The van der Waals surface area contributed by atoms with Crippen LogP contribution in [0.5, 0.6) is 0 Å². The van der Waals surface area contributed by atoms with Crippen LogP contribution in [0.1, 0.15) is 12.5 Å². The predicted octanol–water partition coefficient (Wildman–Crippen LogP) is 2.83. The Hall–Kier alpha value is -0.700. The number of benzene rings is 1. The van der Waals surface area contributed by atoms with Gasteiger partial charge in [-0.2, -0.15) is 0 Å². The van der Waals surface area contributed by atoms with E-state index in [4.69, 9.17) is 0 Å². The molecule has 1 unspecified atom stereocenters. The van der Waals surface area contributed by atoms with Crippen LogP contribution < -0.4 is 0 Å². The van der Waals surface area contributed by atoms with Crippen molar-refractivity contribution in [2.24, 2.45) is 0 Å². The van der Waals surface area contributed by atoms with Crippen molar-refractivity contribution in [2.45, 2.75) is 12.6 Å². The van der Waals surface area contributed by atoms with Crippen molar-refractivity contribution in [3.8, 4) is 0 Å². The van der Waals surface area contributed by atoms with Gasteiger partial charge in [-0.05, 0) is 24.6 Å². The second kappa shape index (κ2) is 3.35. The van der Waals surface area contributed by atoms with E-state index < -0.39 is 5.67 Å². The molecule has 3 heteroatoms. The van der Waals surface area contributed by atoms with Crippen LogP contribution in [0.15, 0.2) is 28.7 Å². The number of carbonyl (C=O) groups is 1. The highest BCUT2D eigenvalue weighted by molar-refractivity contribution is 9.10. The van der Waals surface area contributed by atoms with Gasteiger partial charge in [0.15, 0.2) is 12.0 Å². The molecule has 0 N–H and O–H groups in total. The maximum atomic E-state index is 13.3. The summed E-state index contributed by atoms with van der Waals surface area (Å²) in [5, 5.41) is 0. The van der Waals surface area contributed by atoms with E-state index in [2.05, 4.69) is 15.9 Å². The van der Waals surface area contributed by atoms with Crippen molar-refractivity contribution >= 4 is 22.2 Å². The highest BCUT2D eigenvalue weighted by Gasteiger charge is 2.24. The lowest BCUT2D eigenvalue weighted by molar-refractivity contribution is -0.117. The highest BCUT2D eigenvalue weighted by Crippen LogP contribution is 2.25. The zero-order valence-corrected chi connectivity index (χ0v) is 8.14. The zero-order chi connectivity index (χ0) is 9.19. The Labute approximate surface area is 78.7 Å². The predicted molar refractivity (Wildman–Crippen MR) is 48.7 cm³/mol. The second-order valence-corrected chi connectivity index (χ2v) is 3.62. The molecular formula is C9H8BrFO. The number of rotatable bonds is 2. The normalized spacial score (nSPS) is 15.2. The van der Waals surface area contributed by atoms with Gasteiger partial charge in [0.05, 0.1) is 0 Å². The number of hydrogen-bond donors (Lipinski definition) is 0. The van der Waals surface area contributed by atoms with Crippen molar-refractivity contribution in [1.82, 2.24) is 0 Å². The van der Waals surface area contributed by atoms with Crippen LogP contribution in [0.2, 0.25) is 0 Å². The van der Waals surface area contributed by atoms with Crippen LogP contribution in [0.25, 0.3) is 0 Å². The second-order valence-electron chi connectivity index (χ2n) is 2.70. The van der Waals surface area contributed by atoms with Crippen LogP contribution in [-0.2, 0) is 10.5 Å². The first-order valence-corrected chi connectivity index (χ1v) is 4.27. The molecule has 0 aliphatic heterocycles. The molecule has 0 fully saturated rings. The lowest BCUT2D eigenvalue weighted by Gasteiger charge is -2.12. The average Bonchev–Trinajstić information content (AvgIpc) is 2.05. The summed E-state index contributed by atoms with van der Waals surface area (Å²) in [4.78, 5) is 10.3. The molecule has 0 aromatic heterocycles. The molecule has 1 aromatic rings.